The van der Waals surface area contributed by atoms with Gasteiger partial charge in [-0.25, -0.2) is 0 Å². The van der Waals surface area contributed by atoms with Gasteiger partial charge in [0.2, 0.25) is 5.91 Å². The van der Waals surface area contributed by atoms with Crippen molar-refractivity contribution >= 4 is 5.91 Å². The van der Waals surface area contributed by atoms with Gasteiger partial charge in [0, 0.05) is 44.5 Å². The number of hydrogen-bond donors (Lipinski definition) is 1. The van der Waals surface area contributed by atoms with Crippen LogP contribution in [0.15, 0.2) is 30.5 Å². The molecule has 27 heavy (non-hydrogen) atoms. The molecule has 0 aliphatic carbocycles. The maximum Gasteiger partial charge on any atom is 0.250 e. The van der Waals surface area contributed by atoms with Crippen LogP contribution in [0.3, 0.4) is 0 Å². The second-order valence-corrected chi connectivity index (χ2v) is 6.83. The zero-order chi connectivity index (χ0) is 19.2. The molecule has 1 aliphatic rings. The summed E-state index contributed by atoms with van der Waals surface area (Å²) in [7, 11) is 3.60. The lowest BCUT2D eigenvalue weighted by atomic mass is 10.1. The van der Waals surface area contributed by atoms with Crippen molar-refractivity contribution in [2.45, 2.75) is 26.0 Å². The lowest BCUT2D eigenvalue weighted by Crippen LogP contribution is -2.49. The van der Waals surface area contributed by atoms with E-state index in [0.717, 1.165) is 36.5 Å². The van der Waals surface area contributed by atoms with Gasteiger partial charge >= 0.3 is 0 Å². The lowest BCUT2D eigenvalue weighted by Gasteiger charge is -2.32. The van der Waals surface area contributed by atoms with Gasteiger partial charge in [-0.2, -0.15) is 5.10 Å². The van der Waals surface area contributed by atoms with Crippen molar-refractivity contribution in [1.29, 1.82) is 0 Å². The molecule has 1 saturated heterocycles. The highest BCUT2D eigenvalue weighted by molar-refractivity contribution is 5.81. The number of benzene rings is 1. The fraction of sp³-hybridized carbons (Fsp3) is 0.500. The number of carbonyl (C=O) groups excluding carboxylic acids is 1. The zero-order valence-electron chi connectivity index (χ0n) is 16.3. The molecule has 1 aromatic carbocycles. The van der Waals surface area contributed by atoms with E-state index >= 15 is 0 Å². The Morgan fingerprint density at radius 1 is 1.37 bits per heavy atom. The summed E-state index contributed by atoms with van der Waals surface area (Å²) in [5.41, 5.74) is 3.42. The van der Waals surface area contributed by atoms with E-state index in [9.17, 15) is 4.79 Å². The molecule has 1 N–H and O–H groups in total. The van der Waals surface area contributed by atoms with Crippen LogP contribution in [0.25, 0.3) is 0 Å². The fourth-order valence-electron chi connectivity index (χ4n) is 3.29. The van der Waals surface area contributed by atoms with E-state index in [1.165, 1.54) is 5.56 Å². The highest BCUT2D eigenvalue weighted by Crippen LogP contribution is 2.17. The molecule has 1 fully saturated rings. The maximum atomic E-state index is 12.5. The van der Waals surface area contributed by atoms with Crippen LogP contribution >= 0.6 is 0 Å². The Kier molecular flexibility index (Phi) is 6.47. The first-order chi connectivity index (χ1) is 13.1. The summed E-state index contributed by atoms with van der Waals surface area (Å²) in [5, 5.41) is 7.28. The van der Waals surface area contributed by atoms with Gasteiger partial charge in [0.15, 0.2) is 0 Å². The molecule has 0 spiro atoms. The molecular weight excluding hydrogens is 344 g/mol. The van der Waals surface area contributed by atoms with Crippen LogP contribution in [-0.2, 0) is 29.5 Å². The number of para-hydroxylation sites is 1. The molecule has 1 aliphatic heterocycles. The van der Waals surface area contributed by atoms with Crippen LogP contribution in [0.5, 0.6) is 5.75 Å². The van der Waals surface area contributed by atoms with Gasteiger partial charge in [-0.3, -0.25) is 14.4 Å². The average molecular weight is 372 g/mol. The summed E-state index contributed by atoms with van der Waals surface area (Å²) in [6.07, 6.45) is 2.18. The molecule has 0 unspecified atom stereocenters. The summed E-state index contributed by atoms with van der Waals surface area (Å²) in [4.78, 5) is 14.7. The third kappa shape index (κ3) is 4.87. The van der Waals surface area contributed by atoms with Crippen molar-refractivity contribution in [3.05, 3.63) is 47.3 Å². The highest BCUT2D eigenvalue weighted by Gasteiger charge is 2.27. The number of amides is 1. The SMILES string of the molecule is COc1ccccc1CCNC(=O)[C@H]1CN(Cc2cnn(C)c2C)CCO1. The smallest absolute Gasteiger partial charge is 0.250 e. The van der Waals surface area contributed by atoms with Gasteiger partial charge in [-0.15, -0.1) is 0 Å². The number of methoxy groups -OCH3 is 1. The Morgan fingerprint density at radius 3 is 2.93 bits per heavy atom. The first-order valence-electron chi connectivity index (χ1n) is 9.29. The van der Waals surface area contributed by atoms with Crippen molar-refractivity contribution in [1.82, 2.24) is 20.0 Å². The molecule has 2 aromatic rings. The first-order valence-corrected chi connectivity index (χ1v) is 9.29. The van der Waals surface area contributed by atoms with Crippen LogP contribution in [-0.4, -0.2) is 60.0 Å². The normalized spacial score (nSPS) is 17.7. The van der Waals surface area contributed by atoms with Crippen LogP contribution in [0, 0.1) is 6.92 Å². The van der Waals surface area contributed by atoms with Crippen molar-refractivity contribution < 1.29 is 14.3 Å². The second kappa shape index (κ2) is 9.01. The molecule has 1 aromatic heterocycles. The van der Waals surface area contributed by atoms with Gasteiger partial charge in [-0.1, -0.05) is 18.2 Å². The topological polar surface area (TPSA) is 68.6 Å². The van der Waals surface area contributed by atoms with E-state index in [2.05, 4.69) is 22.2 Å². The standard InChI is InChI=1S/C20H28N4O3/c1-15-17(12-22-23(15)2)13-24-10-11-27-19(14-24)20(25)21-9-8-16-6-4-5-7-18(16)26-3/h4-7,12,19H,8-11,13-14H2,1-3H3,(H,21,25)/t19-/m1/s1. The van der Waals surface area contributed by atoms with E-state index < -0.39 is 6.10 Å². The van der Waals surface area contributed by atoms with Crippen molar-refractivity contribution in [3.63, 3.8) is 0 Å². The number of nitrogens with one attached hydrogen (secondary N) is 1. The number of hydrogen-bond acceptors (Lipinski definition) is 5. The van der Waals surface area contributed by atoms with E-state index in [1.54, 1.807) is 7.11 Å². The predicted octanol–water partition coefficient (Wildman–Crippen LogP) is 1.30. The molecule has 1 amide bonds. The van der Waals surface area contributed by atoms with Gasteiger partial charge in [0.25, 0.3) is 0 Å². The molecule has 1 atom stereocenters. The number of aromatic nitrogens is 2. The monoisotopic (exact) mass is 372 g/mol. The number of rotatable bonds is 7. The van der Waals surface area contributed by atoms with Crippen LogP contribution in [0.2, 0.25) is 0 Å². The number of morpholine rings is 1. The predicted molar refractivity (Wildman–Crippen MR) is 103 cm³/mol. The summed E-state index contributed by atoms with van der Waals surface area (Å²) in [6, 6.07) is 7.86. The van der Waals surface area contributed by atoms with E-state index in [4.69, 9.17) is 9.47 Å². The zero-order valence-corrected chi connectivity index (χ0v) is 16.3. The second-order valence-electron chi connectivity index (χ2n) is 6.83. The molecule has 7 nitrogen and oxygen atoms in total. The summed E-state index contributed by atoms with van der Waals surface area (Å²) in [5.74, 6) is 0.788. The average Bonchev–Trinajstić information content (AvgIpc) is 3.00. The Morgan fingerprint density at radius 2 is 2.19 bits per heavy atom. The largest absolute Gasteiger partial charge is 0.496 e. The number of carbonyl (C=O) groups is 1. The Balaban J connectivity index is 1.49. The van der Waals surface area contributed by atoms with Gasteiger partial charge in [0.1, 0.15) is 11.9 Å². The summed E-state index contributed by atoms with van der Waals surface area (Å²) >= 11 is 0. The lowest BCUT2D eigenvalue weighted by molar-refractivity contribution is -0.138. The minimum atomic E-state index is -0.437. The molecule has 3 rings (SSSR count). The van der Waals surface area contributed by atoms with Crippen LogP contribution in [0.1, 0.15) is 16.8 Å². The van der Waals surface area contributed by atoms with Gasteiger partial charge in [-0.05, 0) is 25.0 Å². The summed E-state index contributed by atoms with van der Waals surface area (Å²) in [6.45, 7) is 5.37. The van der Waals surface area contributed by atoms with Gasteiger partial charge in [0.05, 0.1) is 19.9 Å². The minimum absolute atomic E-state index is 0.0579. The third-order valence-corrected chi connectivity index (χ3v) is 5.06. The van der Waals surface area contributed by atoms with E-state index in [1.807, 2.05) is 42.2 Å². The Bertz CT molecular complexity index is 774. The molecule has 0 bridgehead atoms. The van der Waals surface area contributed by atoms with Crippen LogP contribution < -0.4 is 10.1 Å². The van der Waals surface area contributed by atoms with Crippen molar-refractivity contribution in [3.8, 4) is 5.75 Å². The molecular formula is C20H28N4O3. The van der Waals surface area contributed by atoms with E-state index in [0.29, 0.717) is 19.7 Å². The third-order valence-electron chi connectivity index (χ3n) is 5.06. The first kappa shape index (κ1) is 19.4. The molecule has 2 heterocycles. The van der Waals surface area contributed by atoms with Crippen molar-refractivity contribution in [2.75, 3.05) is 33.4 Å². The molecule has 7 heteroatoms. The van der Waals surface area contributed by atoms with E-state index in [-0.39, 0.29) is 5.91 Å². The van der Waals surface area contributed by atoms with Crippen LogP contribution in [0.4, 0.5) is 0 Å². The fourth-order valence-corrected chi connectivity index (χ4v) is 3.29. The Labute approximate surface area is 160 Å². The molecule has 146 valence electrons. The maximum absolute atomic E-state index is 12.5. The number of nitrogens with zero attached hydrogens (tertiary/aromatic N) is 3. The molecule has 0 radical (unpaired) electrons. The quantitative estimate of drug-likeness (QED) is 0.793. The summed E-state index contributed by atoms with van der Waals surface area (Å²) < 4.78 is 12.9. The van der Waals surface area contributed by atoms with Crippen molar-refractivity contribution in [2.24, 2.45) is 7.05 Å². The molecule has 0 saturated carbocycles. The highest BCUT2D eigenvalue weighted by atomic mass is 16.5. The number of ether oxygens (including phenoxy) is 2. The van der Waals surface area contributed by atoms with Gasteiger partial charge < -0.3 is 14.8 Å². The number of aryl methyl sites for hydroxylation is 1. The minimum Gasteiger partial charge on any atom is -0.496 e. The Hall–Kier alpha value is -2.38.